The number of benzene rings is 2. The largest absolute Gasteiger partial charge is 0.335 e. The van der Waals surface area contributed by atoms with E-state index in [1.807, 2.05) is 24.3 Å². The Morgan fingerprint density at radius 1 is 0.944 bits per heavy atom. The molecular weight excluding hydrogens is 224 g/mol. The second-order valence-electron chi connectivity index (χ2n) is 4.55. The maximum atomic E-state index is 4.68. The molecule has 3 heterocycles. The minimum atomic E-state index is 0.840. The van der Waals surface area contributed by atoms with Crippen LogP contribution in [0, 0.1) is 0 Å². The third-order valence-corrected chi connectivity index (χ3v) is 3.50. The average molecular weight is 232 g/mol. The summed E-state index contributed by atoms with van der Waals surface area (Å²) in [4.78, 5) is 12.6. The predicted octanol–water partition coefficient (Wildman–Crippen LogP) is 2.88. The highest BCUT2D eigenvalue weighted by Gasteiger charge is 2.20. The molecule has 2 aromatic carbocycles. The Morgan fingerprint density at radius 2 is 1.89 bits per heavy atom. The molecule has 0 amide bonds. The number of nitrogens with one attached hydrogen (secondary N) is 1. The highest BCUT2D eigenvalue weighted by Crippen LogP contribution is 2.32. The summed E-state index contributed by atoms with van der Waals surface area (Å²) in [5.74, 6) is 1.73. The summed E-state index contributed by atoms with van der Waals surface area (Å²) in [7, 11) is 0. The molecule has 84 valence electrons. The number of aromatic nitrogens is 4. The SMILES string of the molecule is c1ccc2c(c1)nc1n2-c2ccc3nc-1[nH]c3c2. The standard InChI is InChI=1S/C14H8N4/c1-2-4-12-10(3-1)17-14-13-15-9-6-5-8(18(12)14)7-11(9)16-13/h1-7H,(H,15,16). The normalized spacial score (nSPS) is 12.4. The number of imidazole rings is 2. The lowest BCUT2D eigenvalue weighted by molar-refractivity contribution is 1.08. The number of hydrogen-bond donors (Lipinski definition) is 1. The summed E-state index contributed by atoms with van der Waals surface area (Å²) < 4.78 is 2.15. The zero-order chi connectivity index (χ0) is 11.7. The fourth-order valence-corrected chi connectivity index (χ4v) is 2.69. The maximum Gasteiger partial charge on any atom is 0.181 e. The van der Waals surface area contributed by atoms with Gasteiger partial charge in [0.05, 0.1) is 27.8 Å². The number of para-hydroxylation sites is 2. The molecular formula is C14H8N4. The Hall–Kier alpha value is -2.62. The van der Waals surface area contributed by atoms with Crippen molar-refractivity contribution >= 4 is 22.1 Å². The highest BCUT2D eigenvalue weighted by atomic mass is 15.1. The molecule has 0 saturated heterocycles. The van der Waals surface area contributed by atoms with E-state index >= 15 is 0 Å². The molecule has 0 atom stereocenters. The molecule has 4 nitrogen and oxygen atoms in total. The van der Waals surface area contributed by atoms with Gasteiger partial charge in [-0.15, -0.1) is 0 Å². The van der Waals surface area contributed by atoms with Gasteiger partial charge in [-0.25, -0.2) is 9.97 Å². The van der Waals surface area contributed by atoms with Crippen molar-refractivity contribution in [3.05, 3.63) is 42.5 Å². The van der Waals surface area contributed by atoms with Crippen LogP contribution in [-0.4, -0.2) is 19.5 Å². The van der Waals surface area contributed by atoms with Gasteiger partial charge in [-0.2, -0.15) is 0 Å². The van der Waals surface area contributed by atoms with Gasteiger partial charge in [-0.1, -0.05) is 12.1 Å². The van der Waals surface area contributed by atoms with Gasteiger partial charge in [0.15, 0.2) is 11.6 Å². The second kappa shape index (κ2) is 2.61. The van der Waals surface area contributed by atoms with E-state index < -0.39 is 0 Å². The molecule has 1 aliphatic rings. The first-order valence-corrected chi connectivity index (χ1v) is 5.88. The van der Waals surface area contributed by atoms with Gasteiger partial charge in [0.2, 0.25) is 0 Å². The van der Waals surface area contributed by atoms with Crippen LogP contribution in [-0.2, 0) is 0 Å². The molecule has 3 bridgehead atoms. The summed E-state index contributed by atoms with van der Waals surface area (Å²) in [6.45, 7) is 0. The van der Waals surface area contributed by atoms with Crippen LogP contribution in [0.4, 0.5) is 0 Å². The Morgan fingerprint density at radius 3 is 2.89 bits per heavy atom. The molecule has 18 heavy (non-hydrogen) atoms. The molecule has 2 aromatic heterocycles. The monoisotopic (exact) mass is 232 g/mol. The molecule has 0 radical (unpaired) electrons. The van der Waals surface area contributed by atoms with Gasteiger partial charge < -0.3 is 4.98 Å². The van der Waals surface area contributed by atoms with Gasteiger partial charge in [0, 0.05) is 0 Å². The van der Waals surface area contributed by atoms with E-state index in [1.54, 1.807) is 0 Å². The number of hydrogen-bond acceptors (Lipinski definition) is 2. The van der Waals surface area contributed by atoms with Crippen LogP contribution in [0.5, 0.6) is 0 Å². The number of aromatic amines is 1. The first-order valence-electron chi connectivity index (χ1n) is 5.88. The van der Waals surface area contributed by atoms with Crippen molar-refractivity contribution in [3.63, 3.8) is 0 Å². The zero-order valence-corrected chi connectivity index (χ0v) is 9.38. The van der Waals surface area contributed by atoms with E-state index in [1.165, 1.54) is 0 Å². The van der Waals surface area contributed by atoms with Crippen LogP contribution in [0.15, 0.2) is 42.5 Å². The average Bonchev–Trinajstić information content (AvgIpc) is 2.93. The topological polar surface area (TPSA) is 46.5 Å². The molecule has 0 aliphatic carbocycles. The first-order chi connectivity index (χ1) is 8.90. The number of H-pyrrole nitrogens is 1. The molecule has 5 rings (SSSR count). The first kappa shape index (κ1) is 8.47. The molecule has 0 fully saturated rings. The summed E-state index contributed by atoms with van der Waals surface area (Å²) >= 11 is 0. The van der Waals surface area contributed by atoms with Crippen LogP contribution in [0.1, 0.15) is 0 Å². The van der Waals surface area contributed by atoms with Crippen molar-refractivity contribution in [1.29, 1.82) is 0 Å². The Labute approximate surface area is 102 Å². The minimum absolute atomic E-state index is 0.840. The quantitative estimate of drug-likeness (QED) is 0.446. The number of rotatable bonds is 0. The lowest BCUT2D eigenvalue weighted by atomic mass is 10.2. The number of nitrogens with zero attached hydrogens (tertiary/aromatic N) is 3. The fraction of sp³-hybridized carbons (Fsp3) is 0. The van der Waals surface area contributed by atoms with Crippen molar-refractivity contribution < 1.29 is 0 Å². The van der Waals surface area contributed by atoms with Crippen molar-refractivity contribution in [2.75, 3.05) is 0 Å². The molecule has 0 spiro atoms. The van der Waals surface area contributed by atoms with E-state index in [0.29, 0.717) is 0 Å². The van der Waals surface area contributed by atoms with Gasteiger partial charge >= 0.3 is 0 Å². The Bertz CT molecular complexity index is 926. The van der Waals surface area contributed by atoms with Gasteiger partial charge in [0.1, 0.15) is 0 Å². The summed E-state index contributed by atoms with van der Waals surface area (Å²) in [5, 5.41) is 0. The van der Waals surface area contributed by atoms with Crippen LogP contribution in [0.3, 0.4) is 0 Å². The molecule has 1 aliphatic heterocycles. The van der Waals surface area contributed by atoms with E-state index in [2.05, 4.69) is 37.7 Å². The minimum Gasteiger partial charge on any atom is -0.335 e. The predicted molar refractivity (Wildman–Crippen MR) is 69.7 cm³/mol. The van der Waals surface area contributed by atoms with E-state index in [4.69, 9.17) is 0 Å². The molecule has 1 N–H and O–H groups in total. The molecule has 0 saturated carbocycles. The third-order valence-electron chi connectivity index (χ3n) is 3.50. The fourth-order valence-electron chi connectivity index (χ4n) is 2.69. The van der Waals surface area contributed by atoms with E-state index in [0.717, 1.165) is 39.4 Å². The lowest BCUT2D eigenvalue weighted by Gasteiger charge is -2.07. The second-order valence-corrected chi connectivity index (χ2v) is 4.55. The Balaban J connectivity index is 2.10. The maximum absolute atomic E-state index is 4.68. The highest BCUT2D eigenvalue weighted by molar-refractivity contribution is 5.88. The van der Waals surface area contributed by atoms with Crippen LogP contribution in [0.2, 0.25) is 0 Å². The summed E-state index contributed by atoms with van der Waals surface area (Å²) in [6, 6.07) is 14.4. The van der Waals surface area contributed by atoms with E-state index in [-0.39, 0.29) is 0 Å². The van der Waals surface area contributed by atoms with Crippen LogP contribution >= 0.6 is 0 Å². The van der Waals surface area contributed by atoms with Crippen molar-refractivity contribution in [3.8, 4) is 17.3 Å². The van der Waals surface area contributed by atoms with Crippen LogP contribution in [0.25, 0.3) is 39.4 Å². The smallest absolute Gasteiger partial charge is 0.181 e. The molecule has 4 heteroatoms. The van der Waals surface area contributed by atoms with Gasteiger partial charge in [-0.3, -0.25) is 4.57 Å². The summed E-state index contributed by atoms with van der Waals surface area (Å²) in [6.07, 6.45) is 0. The number of fused-ring (bicyclic) bond motifs is 7. The molecule has 4 aromatic rings. The zero-order valence-electron chi connectivity index (χ0n) is 9.38. The van der Waals surface area contributed by atoms with Crippen LogP contribution < -0.4 is 0 Å². The Kier molecular flexibility index (Phi) is 1.23. The van der Waals surface area contributed by atoms with Gasteiger partial charge in [0.25, 0.3) is 0 Å². The molecule has 0 unspecified atom stereocenters. The van der Waals surface area contributed by atoms with Crippen molar-refractivity contribution in [1.82, 2.24) is 19.5 Å². The summed E-state index contributed by atoms with van der Waals surface area (Å²) in [5.41, 5.74) is 5.30. The van der Waals surface area contributed by atoms with E-state index in [9.17, 15) is 0 Å². The van der Waals surface area contributed by atoms with Gasteiger partial charge in [-0.05, 0) is 30.3 Å². The van der Waals surface area contributed by atoms with Crippen molar-refractivity contribution in [2.24, 2.45) is 0 Å². The lowest BCUT2D eigenvalue weighted by Crippen LogP contribution is -1.98. The van der Waals surface area contributed by atoms with Crippen molar-refractivity contribution in [2.45, 2.75) is 0 Å². The third kappa shape index (κ3) is 0.841.